The van der Waals surface area contributed by atoms with Crippen molar-refractivity contribution in [2.24, 2.45) is 14.1 Å². The van der Waals surface area contributed by atoms with Crippen molar-refractivity contribution in [1.82, 2.24) is 13.9 Å². The van der Waals surface area contributed by atoms with E-state index in [0.29, 0.717) is 4.57 Å². The van der Waals surface area contributed by atoms with Crippen molar-refractivity contribution in [3.63, 3.8) is 0 Å². The Kier molecular flexibility index (Phi) is 7.13. The molecule has 178 valence electrons. The Bertz CT molecular complexity index is 1480. The van der Waals surface area contributed by atoms with Crippen LogP contribution in [-0.4, -0.2) is 35.9 Å². The number of hydrogen-bond donors (Lipinski definition) is 2. The molecule has 0 aliphatic heterocycles. The smallest absolute Gasteiger partial charge is 0.338 e. The highest BCUT2D eigenvalue weighted by molar-refractivity contribution is 7.89. The van der Waals surface area contributed by atoms with Gasteiger partial charge in [-0.25, -0.2) is 22.7 Å². The lowest BCUT2D eigenvalue weighted by molar-refractivity contribution is 0.0474. The molecule has 0 aliphatic rings. The average Bonchev–Trinajstić information content (AvgIpc) is 2.84. The van der Waals surface area contributed by atoms with Gasteiger partial charge in [-0.05, 0) is 23.8 Å². The van der Waals surface area contributed by atoms with E-state index in [4.69, 9.17) is 10.5 Å². The van der Waals surface area contributed by atoms with E-state index in [1.807, 2.05) is 6.07 Å². The van der Waals surface area contributed by atoms with Crippen molar-refractivity contribution in [2.45, 2.75) is 11.4 Å². The molecule has 34 heavy (non-hydrogen) atoms. The van der Waals surface area contributed by atoms with Crippen LogP contribution in [0.15, 0.2) is 69.1 Å². The molecule has 3 rings (SSSR count). The number of sulfonamides is 1. The van der Waals surface area contributed by atoms with Crippen molar-refractivity contribution in [2.75, 3.05) is 12.3 Å². The van der Waals surface area contributed by atoms with Gasteiger partial charge in [0.1, 0.15) is 11.4 Å². The first-order valence-electron chi connectivity index (χ1n) is 9.92. The van der Waals surface area contributed by atoms with E-state index >= 15 is 0 Å². The molecular weight excluding hydrogens is 464 g/mol. The van der Waals surface area contributed by atoms with Crippen LogP contribution >= 0.6 is 0 Å². The van der Waals surface area contributed by atoms with Gasteiger partial charge >= 0.3 is 11.7 Å². The van der Waals surface area contributed by atoms with Gasteiger partial charge in [0.25, 0.3) is 5.56 Å². The van der Waals surface area contributed by atoms with Gasteiger partial charge < -0.3 is 10.5 Å². The lowest BCUT2D eigenvalue weighted by Crippen LogP contribution is -2.42. The Labute approximate surface area is 194 Å². The molecule has 0 aliphatic carbocycles. The molecule has 1 heterocycles. The second-order valence-electron chi connectivity index (χ2n) is 7.30. The number of ketones is 1. The minimum atomic E-state index is -3.93. The summed E-state index contributed by atoms with van der Waals surface area (Å²) >= 11 is 0. The molecule has 0 amide bonds. The molecule has 0 spiro atoms. The predicted octanol–water partition coefficient (Wildman–Crippen LogP) is 0.184. The third-order valence-electron chi connectivity index (χ3n) is 5.01. The number of anilines is 1. The minimum absolute atomic E-state index is 0.0578. The van der Waals surface area contributed by atoms with Crippen LogP contribution in [-0.2, 0) is 35.4 Å². The summed E-state index contributed by atoms with van der Waals surface area (Å²) in [5, 5.41) is 0. The fourth-order valence-corrected chi connectivity index (χ4v) is 4.12. The number of carbonyl (C=O) groups is 2. The molecule has 1 aromatic heterocycles. The van der Waals surface area contributed by atoms with Gasteiger partial charge in [0, 0.05) is 20.6 Å². The largest absolute Gasteiger partial charge is 0.454 e. The fourth-order valence-electron chi connectivity index (χ4n) is 3.06. The second-order valence-corrected chi connectivity index (χ2v) is 9.07. The van der Waals surface area contributed by atoms with Crippen molar-refractivity contribution in [3.8, 4) is 0 Å². The summed E-state index contributed by atoms with van der Waals surface area (Å²) < 4.78 is 34.2. The van der Waals surface area contributed by atoms with E-state index in [2.05, 4.69) is 4.72 Å². The van der Waals surface area contributed by atoms with Crippen LogP contribution in [0.5, 0.6) is 0 Å². The molecule has 0 radical (unpaired) electrons. The number of hydrogen-bond acceptors (Lipinski definition) is 8. The van der Waals surface area contributed by atoms with Crippen LogP contribution in [0.4, 0.5) is 5.82 Å². The van der Waals surface area contributed by atoms with Crippen LogP contribution in [0, 0.1) is 0 Å². The molecule has 3 aromatic rings. The summed E-state index contributed by atoms with van der Waals surface area (Å²) in [4.78, 5) is 48.9. The first-order chi connectivity index (χ1) is 16.0. The topological polar surface area (TPSA) is 160 Å². The van der Waals surface area contributed by atoms with Crippen molar-refractivity contribution < 1.29 is 22.7 Å². The second kappa shape index (κ2) is 9.85. The first-order valence-corrected chi connectivity index (χ1v) is 11.4. The van der Waals surface area contributed by atoms with Gasteiger partial charge in [-0.2, -0.15) is 0 Å². The van der Waals surface area contributed by atoms with Gasteiger partial charge in [-0.3, -0.25) is 18.7 Å². The van der Waals surface area contributed by atoms with Crippen LogP contribution in [0.25, 0.3) is 0 Å². The molecule has 11 nitrogen and oxygen atoms in total. The van der Waals surface area contributed by atoms with Crippen LogP contribution in [0.2, 0.25) is 0 Å². The normalized spacial score (nSPS) is 11.2. The zero-order chi connectivity index (χ0) is 25.0. The molecule has 2 aromatic carbocycles. The maximum Gasteiger partial charge on any atom is 0.338 e. The predicted molar refractivity (Wildman–Crippen MR) is 123 cm³/mol. The third-order valence-corrected chi connectivity index (χ3v) is 6.41. The summed E-state index contributed by atoms with van der Waals surface area (Å²) in [6.07, 6.45) is 0. The lowest BCUT2D eigenvalue weighted by Gasteiger charge is -2.11. The molecule has 0 saturated heterocycles. The highest BCUT2D eigenvalue weighted by atomic mass is 32.2. The maximum atomic E-state index is 12.6. The van der Waals surface area contributed by atoms with E-state index in [0.717, 1.165) is 16.2 Å². The zero-order valence-corrected chi connectivity index (χ0v) is 19.2. The fraction of sp³-hybridized carbons (Fsp3) is 0.182. The lowest BCUT2D eigenvalue weighted by atomic mass is 10.2. The number of aromatic nitrogens is 2. The molecule has 0 atom stereocenters. The van der Waals surface area contributed by atoms with Crippen molar-refractivity contribution in [1.29, 1.82) is 0 Å². The Morgan fingerprint density at radius 3 is 2.35 bits per heavy atom. The molecule has 12 heteroatoms. The summed E-state index contributed by atoms with van der Waals surface area (Å²) in [7, 11) is -1.46. The number of ether oxygens (including phenoxy) is 1. The van der Waals surface area contributed by atoms with Crippen LogP contribution < -0.4 is 21.7 Å². The molecule has 3 N–H and O–H groups in total. The van der Waals surface area contributed by atoms with Gasteiger partial charge in [-0.15, -0.1) is 0 Å². The summed E-state index contributed by atoms with van der Waals surface area (Å²) in [6, 6.07) is 14.0. The number of benzene rings is 2. The Hall–Kier alpha value is -4.03. The number of rotatable bonds is 8. The Balaban J connectivity index is 1.73. The molecule has 0 fully saturated rings. The number of nitrogens with zero attached hydrogens (tertiary/aromatic N) is 2. The van der Waals surface area contributed by atoms with E-state index in [-0.39, 0.29) is 22.8 Å². The summed E-state index contributed by atoms with van der Waals surface area (Å²) in [5.41, 5.74) is 4.25. The molecular formula is C22H22N4O7S. The summed E-state index contributed by atoms with van der Waals surface area (Å²) in [5.74, 6) is -2.24. The number of esters is 1. The van der Waals surface area contributed by atoms with E-state index in [1.54, 1.807) is 24.3 Å². The number of nitrogens with two attached hydrogens (primary N) is 1. The van der Waals surface area contributed by atoms with Crippen molar-refractivity contribution >= 4 is 27.6 Å². The van der Waals surface area contributed by atoms with Crippen LogP contribution in [0.3, 0.4) is 0 Å². The van der Waals surface area contributed by atoms with Gasteiger partial charge in [0.2, 0.25) is 15.8 Å². The SMILES string of the molecule is Cn1c(N)c(C(=O)COC(=O)c2cccc(S(=O)(=O)NCc3ccccc3)c2)c(=O)n(C)c1=O. The van der Waals surface area contributed by atoms with Gasteiger partial charge in [0.05, 0.1) is 10.5 Å². The Morgan fingerprint density at radius 1 is 1.00 bits per heavy atom. The number of nitrogens with one attached hydrogen (secondary N) is 1. The summed E-state index contributed by atoms with van der Waals surface area (Å²) in [6.45, 7) is -0.776. The van der Waals surface area contributed by atoms with Crippen LogP contribution in [0.1, 0.15) is 26.3 Å². The highest BCUT2D eigenvalue weighted by Crippen LogP contribution is 2.14. The average molecular weight is 487 g/mol. The van der Waals surface area contributed by atoms with Crippen molar-refractivity contribution in [3.05, 3.63) is 92.1 Å². The molecule has 0 unspecified atom stereocenters. The maximum absolute atomic E-state index is 12.6. The van der Waals surface area contributed by atoms with Gasteiger partial charge in [0.15, 0.2) is 6.61 Å². The van der Waals surface area contributed by atoms with E-state index in [9.17, 15) is 27.6 Å². The number of Topliss-reactive ketones (excluding diaryl/α,β-unsaturated/α-hetero) is 1. The van der Waals surface area contributed by atoms with E-state index in [1.165, 1.54) is 32.3 Å². The third kappa shape index (κ3) is 5.13. The molecule has 0 bridgehead atoms. The number of carbonyl (C=O) groups excluding carboxylic acids is 2. The standard InChI is InChI=1S/C22H22N4O7S/c1-25-19(23)18(20(28)26(2)22(25)30)17(27)13-33-21(29)15-9-6-10-16(11-15)34(31,32)24-12-14-7-4-3-5-8-14/h3-11,24H,12-13,23H2,1-2H3. The quantitative estimate of drug-likeness (QED) is 0.337. The number of nitrogen functional groups attached to an aromatic ring is 1. The monoisotopic (exact) mass is 486 g/mol. The zero-order valence-electron chi connectivity index (χ0n) is 18.3. The first kappa shape index (κ1) is 24.6. The van der Waals surface area contributed by atoms with E-state index < -0.39 is 45.2 Å². The minimum Gasteiger partial charge on any atom is -0.454 e. The molecule has 0 saturated carbocycles. The Morgan fingerprint density at radius 2 is 1.68 bits per heavy atom. The van der Waals surface area contributed by atoms with Gasteiger partial charge in [-0.1, -0.05) is 36.4 Å². The highest BCUT2D eigenvalue weighted by Gasteiger charge is 2.22.